The molecule has 0 aliphatic rings. The van der Waals surface area contributed by atoms with E-state index >= 15 is 0 Å². The van der Waals surface area contributed by atoms with E-state index in [1.807, 2.05) is 78.0 Å². The topological polar surface area (TPSA) is 55.0 Å². The molecule has 0 bridgehead atoms. The zero-order chi connectivity index (χ0) is 23.8. The van der Waals surface area contributed by atoms with Crippen LogP contribution < -0.4 is 10.3 Å². The van der Waals surface area contributed by atoms with Crippen molar-refractivity contribution < 1.29 is 4.74 Å². The molecule has 0 aliphatic heterocycles. The average molecular weight is 425 g/mol. The number of aryl methyl sites for hydroxylation is 2. The minimum atomic E-state index is -0.162. The number of aromatic nitrogens is 2. The largest absolute Gasteiger partial charge is 0.489 e. The maximum absolute atomic E-state index is 11.9. The fourth-order valence-electron chi connectivity index (χ4n) is 2.62. The van der Waals surface area contributed by atoms with Crippen molar-refractivity contribution in [3.05, 3.63) is 81.8 Å². The van der Waals surface area contributed by atoms with Crippen LogP contribution in [0.5, 0.6) is 5.75 Å². The normalized spacial score (nSPS) is 10.6. The Balaban J connectivity index is 0.00000134. The maximum Gasteiger partial charge on any atom is 0.267 e. The number of unbranched alkanes of at least 4 members (excludes halogenated alkanes) is 1. The van der Waals surface area contributed by atoms with Gasteiger partial charge in [-0.2, -0.15) is 5.10 Å². The third kappa shape index (κ3) is 9.20. The number of hydrogen-bond acceptors (Lipinski definition) is 3. The van der Waals surface area contributed by atoms with Gasteiger partial charge in [0.25, 0.3) is 5.56 Å². The van der Waals surface area contributed by atoms with Crippen molar-refractivity contribution >= 4 is 0 Å². The molecule has 2 aromatic rings. The van der Waals surface area contributed by atoms with Crippen molar-refractivity contribution in [2.45, 2.75) is 68.2 Å². The summed E-state index contributed by atoms with van der Waals surface area (Å²) in [5.74, 6) is 0.780. The molecular weight excluding hydrogens is 384 g/mol. The van der Waals surface area contributed by atoms with Crippen LogP contribution in [-0.2, 0) is 0 Å². The number of rotatable bonds is 7. The van der Waals surface area contributed by atoms with Gasteiger partial charge in [-0.05, 0) is 56.5 Å². The van der Waals surface area contributed by atoms with Gasteiger partial charge in [-0.3, -0.25) is 4.79 Å². The molecule has 1 aromatic heterocycles. The van der Waals surface area contributed by atoms with Crippen LogP contribution in [0.15, 0.2) is 59.4 Å². The van der Waals surface area contributed by atoms with Gasteiger partial charge in [0.05, 0.1) is 5.69 Å². The summed E-state index contributed by atoms with van der Waals surface area (Å²) in [5.41, 5.74) is 5.23. The highest BCUT2D eigenvalue weighted by molar-refractivity contribution is 5.72. The van der Waals surface area contributed by atoms with Gasteiger partial charge in [-0.1, -0.05) is 77.5 Å². The highest BCUT2D eigenvalue weighted by Crippen LogP contribution is 2.29. The van der Waals surface area contributed by atoms with Crippen LogP contribution in [0, 0.1) is 20.8 Å². The molecule has 0 amide bonds. The first-order valence-corrected chi connectivity index (χ1v) is 11.1. The number of ether oxygens (including phenoxy) is 1. The van der Waals surface area contributed by atoms with Crippen LogP contribution >= 0.6 is 0 Å². The zero-order valence-electron chi connectivity index (χ0n) is 20.6. The number of aromatic amines is 1. The van der Waals surface area contributed by atoms with E-state index in [4.69, 9.17) is 4.74 Å². The van der Waals surface area contributed by atoms with Gasteiger partial charge in [0.1, 0.15) is 12.4 Å². The molecule has 0 spiro atoms. The van der Waals surface area contributed by atoms with E-state index in [2.05, 4.69) is 30.6 Å². The van der Waals surface area contributed by atoms with E-state index in [1.54, 1.807) is 6.08 Å². The van der Waals surface area contributed by atoms with Crippen molar-refractivity contribution in [1.82, 2.24) is 10.2 Å². The molecule has 2 rings (SSSR count). The predicted octanol–water partition coefficient (Wildman–Crippen LogP) is 7.26. The molecule has 0 radical (unpaired) electrons. The van der Waals surface area contributed by atoms with Gasteiger partial charge in [0, 0.05) is 11.1 Å². The van der Waals surface area contributed by atoms with E-state index in [0.29, 0.717) is 12.2 Å². The second kappa shape index (κ2) is 15.9. The smallest absolute Gasteiger partial charge is 0.267 e. The molecule has 0 saturated heterocycles. The molecule has 0 fully saturated rings. The summed E-state index contributed by atoms with van der Waals surface area (Å²) in [6, 6.07) is 5.87. The average Bonchev–Trinajstić information content (AvgIpc) is 2.79. The molecule has 0 aliphatic carbocycles. The van der Waals surface area contributed by atoms with Gasteiger partial charge in [0.15, 0.2) is 0 Å². The number of nitrogens with one attached hydrogen (secondary N) is 1. The fourth-order valence-corrected chi connectivity index (χ4v) is 2.62. The minimum absolute atomic E-state index is 0.162. The van der Waals surface area contributed by atoms with Crippen molar-refractivity contribution in [3.8, 4) is 16.9 Å². The van der Waals surface area contributed by atoms with Gasteiger partial charge in [-0.15, -0.1) is 0 Å². The molecule has 4 nitrogen and oxygen atoms in total. The lowest BCUT2D eigenvalue weighted by molar-refractivity contribution is 0.355. The predicted molar refractivity (Wildman–Crippen MR) is 135 cm³/mol. The fraction of sp³-hybridized carbons (Fsp3) is 0.407. The van der Waals surface area contributed by atoms with Crippen molar-refractivity contribution in [3.63, 3.8) is 0 Å². The van der Waals surface area contributed by atoms with E-state index in [0.717, 1.165) is 33.7 Å². The first-order valence-electron chi connectivity index (χ1n) is 11.1. The third-order valence-corrected chi connectivity index (χ3v) is 4.54. The summed E-state index contributed by atoms with van der Waals surface area (Å²) in [5, 5.41) is 6.60. The Bertz CT molecular complexity index is 919. The number of benzene rings is 1. The van der Waals surface area contributed by atoms with Gasteiger partial charge in [-0.25, -0.2) is 5.10 Å². The summed E-state index contributed by atoms with van der Waals surface area (Å²) < 4.78 is 5.86. The van der Waals surface area contributed by atoms with E-state index in [-0.39, 0.29) is 5.56 Å². The molecule has 0 saturated carbocycles. The van der Waals surface area contributed by atoms with Crippen LogP contribution in [0.1, 0.15) is 64.3 Å². The Hall–Kier alpha value is -2.88. The number of allylic oxidation sites excluding steroid dienone is 3. The van der Waals surface area contributed by atoms with Gasteiger partial charge < -0.3 is 4.74 Å². The number of nitrogens with zero attached hydrogens (tertiary/aromatic N) is 1. The second-order valence-electron chi connectivity index (χ2n) is 6.88. The molecule has 4 heteroatoms. The van der Waals surface area contributed by atoms with Crippen molar-refractivity contribution in [2.75, 3.05) is 6.61 Å². The Labute approximate surface area is 188 Å². The molecule has 1 N–H and O–H groups in total. The summed E-state index contributed by atoms with van der Waals surface area (Å²) >= 11 is 0. The standard InChI is InChI=1S/C21H24N2O2.C4H10.C2H6/c1-6-8-9-17(7-2)13-25-18-10-11-19(14(3)12-18)20-15(4)21(24)23-22-16(20)5;1-3-4-2;1-2/h6-12H,2,13H2,1,3-5H3,(H,23,24);3-4H2,1-2H3;1-2H3/b8-6-,17-9+;;. The summed E-state index contributed by atoms with van der Waals surface area (Å²) in [6.07, 6.45) is 10.3. The zero-order valence-corrected chi connectivity index (χ0v) is 20.6. The summed E-state index contributed by atoms with van der Waals surface area (Å²) in [4.78, 5) is 11.9. The lowest BCUT2D eigenvalue weighted by Gasteiger charge is -2.13. The Kier molecular flexibility index (Phi) is 14.4. The monoisotopic (exact) mass is 424 g/mol. The first kappa shape index (κ1) is 28.1. The molecule has 0 atom stereocenters. The Morgan fingerprint density at radius 2 is 1.81 bits per heavy atom. The summed E-state index contributed by atoms with van der Waals surface area (Å²) in [7, 11) is 0. The lowest BCUT2D eigenvalue weighted by Crippen LogP contribution is -2.14. The Morgan fingerprint density at radius 3 is 2.32 bits per heavy atom. The van der Waals surface area contributed by atoms with Crippen molar-refractivity contribution in [2.24, 2.45) is 0 Å². The van der Waals surface area contributed by atoms with Crippen LogP contribution in [-0.4, -0.2) is 16.8 Å². The highest BCUT2D eigenvalue weighted by atomic mass is 16.5. The molecule has 170 valence electrons. The SMILES string of the molecule is C=C/C(=C\C=C/C)COc1ccc(-c2c(C)n[nH]c(=O)c2C)c(C)c1.CC.CCCC. The van der Waals surface area contributed by atoms with Crippen molar-refractivity contribution in [1.29, 1.82) is 0 Å². The second-order valence-corrected chi connectivity index (χ2v) is 6.88. The van der Waals surface area contributed by atoms with Gasteiger partial charge in [0.2, 0.25) is 0 Å². The molecular formula is C27H40N2O2. The number of H-pyrrole nitrogens is 1. The molecule has 0 unspecified atom stereocenters. The van der Waals surface area contributed by atoms with Gasteiger partial charge >= 0.3 is 0 Å². The first-order chi connectivity index (χ1) is 14.9. The van der Waals surface area contributed by atoms with E-state index in [9.17, 15) is 4.79 Å². The Morgan fingerprint density at radius 1 is 1.16 bits per heavy atom. The highest BCUT2D eigenvalue weighted by Gasteiger charge is 2.13. The quantitative estimate of drug-likeness (QED) is 0.476. The third-order valence-electron chi connectivity index (χ3n) is 4.54. The number of hydrogen-bond donors (Lipinski definition) is 1. The molecule has 31 heavy (non-hydrogen) atoms. The minimum Gasteiger partial charge on any atom is -0.489 e. The van der Waals surface area contributed by atoms with E-state index in [1.165, 1.54) is 12.8 Å². The summed E-state index contributed by atoms with van der Waals surface area (Å²) in [6.45, 7) is 20.3. The molecule has 1 heterocycles. The van der Waals surface area contributed by atoms with Crippen LogP contribution in [0.4, 0.5) is 0 Å². The van der Waals surface area contributed by atoms with Crippen LogP contribution in [0.3, 0.4) is 0 Å². The maximum atomic E-state index is 11.9. The lowest BCUT2D eigenvalue weighted by atomic mass is 9.96. The van der Waals surface area contributed by atoms with Crippen LogP contribution in [0.2, 0.25) is 0 Å². The molecule has 1 aromatic carbocycles. The van der Waals surface area contributed by atoms with E-state index < -0.39 is 0 Å². The van der Waals surface area contributed by atoms with Crippen LogP contribution in [0.25, 0.3) is 11.1 Å².